The molecule has 0 rings (SSSR count). The molecule has 0 bridgehead atoms. The van der Waals surface area contributed by atoms with Crippen molar-refractivity contribution in [2.24, 2.45) is 5.92 Å². The number of hydrogen-bond acceptors (Lipinski definition) is 0. The summed E-state index contributed by atoms with van der Waals surface area (Å²) >= 11 is 0. The van der Waals surface area contributed by atoms with Gasteiger partial charge in [0.05, 0.1) is 0 Å². The van der Waals surface area contributed by atoms with Gasteiger partial charge in [-0.3, -0.25) is 0 Å². The van der Waals surface area contributed by atoms with Crippen molar-refractivity contribution >= 4 is 0 Å². The van der Waals surface area contributed by atoms with E-state index in [1.54, 1.807) is 0 Å². The SMILES string of the molecule is [CH2-]C(C)CC.[Pm]. The normalized spacial score (nSPS) is 12.5. The van der Waals surface area contributed by atoms with Crippen LogP contribution in [0.25, 0.3) is 0 Å². The van der Waals surface area contributed by atoms with Gasteiger partial charge in [0.15, 0.2) is 0 Å². The summed E-state index contributed by atoms with van der Waals surface area (Å²) < 4.78 is 0. The second kappa shape index (κ2) is 6.34. The van der Waals surface area contributed by atoms with E-state index in [4.69, 9.17) is 0 Å². The zero-order valence-corrected chi connectivity index (χ0v) is 7.31. The monoisotopic (exact) mass is 216 g/mol. The van der Waals surface area contributed by atoms with Crippen molar-refractivity contribution < 1.29 is 40.4 Å². The summed E-state index contributed by atoms with van der Waals surface area (Å²) in [5.74, 6) is 0.634. The van der Waals surface area contributed by atoms with Gasteiger partial charge in [-0.05, 0) is 0 Å². The van der Waals surface area contributed by atoms with E-state index in [0.717, 1.165) is 0 Å². The average molecular weight is 216 g/mol. The van der Waals surface area contributed by atoms with E-state index in [1.807, 2.05) is 0 Å². The van der Waals surface area contributed by atoms with Gasteiger partial charge < -0.3 is 6.92 Å². The fourth-order valence-corrected chi connectivity index (χ4v) is 0. The molecule has 1 heteroatoms. The van der Waals surface area contributed by atoms with Gasteiger partial charge in [0.1, 0.15) is 0 Å². The van der Waals surface area contributed by atoms with Gasteiger partial charge in [0, 0.05) is 40.4 Å². The van der Waals surface area contributed by atoms with Gasteiger partial charge >= 0.3 is 0 Å². The van der Waals surface area contributed by atoms with Crippen LogP contribution in [-0.2, 0) is 0 Å². The molecule has 0 N–H and O–H groups in total. The molecule has 6 heavy (non-hydrogen) atoms. The summed E-state index contributed by atoms with van der Waals surface area (Å²) in [6.45, 7) is 8.00. The molecule has 1 radical (unpaired) electrons. The summed E-state index contributed by atoms with van der Waals surface area (Å²) in [6.07, 6.45) is 1.19. The Hall–Kier alpha value is 1.34. The second-order valence-corrected chi connectivity index (χ2v) is 1.51. The number of rotatable bonds is 1. The van der Waals surface area contributed by atoms with Crippen LogP contribution in [0.3, 0.4) is 0 Å². The Kier molecular flexibility index (Phi) is 10.9. The van der Waals surface area contributed by atoms with Crippen LogP contribution >= 0.6 is 0 Å². The minimum Gasteiger partial charge on any atom is -0.341 e. The third-order valence-electron chi connectivity index (χ3n) is 0.697. The molecule has 0 spiro atoms. The molecule has 0 saturated carbocycles. The van der Waals surface area contributed by atoms with Gasteiger partial charge in [-0.15, -0.1) is 0 Å². The van der Waals surface area contributed by atoms with Gasteiger partial charge in [-0.1, -0.05) is 20.3 Å². The van der Waals surface area contributed by atoms with E-state index in [0.29, 0.717) is 5.92 Å². The largest absolute Gasteiger partial charge is 0.341 e. The molecule has 0 saturated heterocycles. The fraction of sp³-hybridized carbons (Fsp3) is 0.800. The first-order chi connectivity index (χ1) is 2.27. The molecule has 0 aromatic carbocycles. The van der Waals surface area contributed by atoms with Gasteiger partial charge in [0.25, 0.3) is 0 Å². The summed E-state index contributed by atoms with van der Waals surface area (Å²) in [4.78, 5) is 0. The third kappa shape index (κ3) is 9.02. The maximum Gasteiger partial charge on any atom is 0 e. The molecular formula is C5H11Pm-. The third-order valence-corrected chi connectivity index (χ3v) is 0.697. The molecule has 0 heterocycles. The van der Waals surface area contributed by atoms with E-state index in [-0.39, 0.29) is 40.4 Å². The quantitative estimate of drug-likeness (QED) is 0.587. The van der Waals surface area contributed by atoms with Crippen molar-refractivity contribution in [1.29, 1.82) is 0 Å². The van der Waals surface area contributed by atoms with Crippen molar-refractivity contribution in [2.75, 3.05) is 0 Å². The van der Waals surface area contributed by atoms with Crippen LogP contribution in [0.15, 0.2) is 0 Å². The summed E-state index contributed by atoms with van der Waals surface area (Å²) in [7, 11) is 0. The van der Waals surface area contributed by atoms with Crippen molar-refractivity contribution in [3.05, 3.63) is 6.92 Å². The zero-order chi connectivity index (χ0) is 4.28. The van der Waals surface area contributed by atoms with Crippen molar-refractivity contribution in [3.8, 4) is 0 Å². The van der Waals surface area contributed by atoms with Gasteiger partial charge in [0.2, 0.25) is 0 Å². The van der Waals surface area contributed by atoms with Crippen molar-refractivity contribution in [3.63, 3.8) is 0 Å². The van der Waals surface area contributed by atoms with Crippen molar-refractivity contribution in [1.82, 2.24) is 0 Å². The molecule has 1 unspecified atom stereocenters. The molecule has 0 nitrogen and oxygen atoms in total. The first-order valence-electron chi connectivity index (χ1n) is 2.10. The van der Waals surface area contributed by atoms with Gasteiger partial charge in [-0.25, -0.2) is 0 Å². The summed E-state index contributed by atoms with van der Waals surface area (Å²) in [5, 5.41) is 0. The Labute approximate surface area is 72.8 Å². The van der Waals surface area contributed by atoms with E-state index in [1.165, 1.54) is 6.42 Å². The van der Waals surface area contributed by atoms with Crippen LogP contribution in [0.1, 0.15) is 20.3 Å². The topological polar surface area (TPSA) is 0 Å². The van der Waals surface area contributed by atoms with E-state index >= 15 is 0 Å². The molecular weight excluding hydrogens is 205 g/mol. The Morgan fingerprint density at radius 1 is 1.67 bits per heavy atom. The fourth-order valence-electron chi connectivity index (χ4n) is 0. The van der Waals surface area contributed by atoms with E-state index < -0.39 is 0 Å². The van der Waals surface area contributed by atoms with Crippen LogP contribution < -0.4 is 0 Å². The average Bonchev–Trinajstić information content (AvgIpc) is 1.38. The molecule has 1 atom stereocenters. The molecule has 0 aliphatic rings. The Balaban J connectivity index is 0. The molecule has 0 aliphatic carbocycles. The smallest absolute Gasteiger partial charge is 0 e. The van der Waals surface area contributed by atoms with Crippen LogP contribution in [0.5, 0.6) is 0 Å². The second-order valence-electron chi connectivity index (χ2n) is 1.51. The minimum atomic E-state index is 0. The molecule has 0 fully saturated rings. The molecule has 0 aromatic heterocycles. The predicted molar refractivity (Wildman–Crippen MR) is 24.8 cm³/mol. The first kappa shape index (κ1) is 10.3. The molecule has 0 aliphatic heterocycles. The summed E-state index contributed by atoms with van der Waals surface area (Å²) in [5.41, 5.74) is 0. The van der Waals surface area contributed by atoms with Crippen LogP contribution in [0, 0.1) is 53.2 Å². The Morgan fingerprint density at radius 3 is 1.83 bits per heavy atom. The standard InChI is InChI=1S/C5H11.Pm/c1-4-5(2)3;/h5H,2,4H2,1,3H3;/q-1;. The van der Waals surface area contributed by atoms with E-state index in [9.17, 15) is 0 Å². The Bertz CT molecular complexity index is 17.9. The predicted octanol–water partition coefficient (Wildman–Crippen LogP) is 1.87. The van der Waals surface area contributed by atoms with Crippen molar-refractivity contribution in [2.45, 2.75) is 20.3 Å². The van der Waals surface area contributed by atoms with Crippen LogP contribution in [-0.4, -0.2) is 0 Å². The maximum absolute atomic E-state index is 3.76. The van der Waals surface area contributed by atoms with Crippen LogP contribution in [0.2, 0.25) is 0 Å². The summed E-state index contributed by atoms with van der Waals surface area (Å²) in [6, 6.07) is 0. The minimum absolute atomic E-state index is 0. The van der Waals surface area contributed by atoms with Crippen LogP contribution in [0.4, 0.5) is 0 Å². The molecule has 37 valence electrons. The maximum atomic E-state index is 3.76. The zero-order valence-electron chi connectivity index (χ0n) is 4.44. The first-order valence-corrected chi connectivity index (χ1v) is 2.10. The Morgan fingerprint density at radius 2 is 1.83 bits per heavy atom. The number of hydrogen-bond donors (Lipinski definition) is 0. The van der Waals surface area contributed by atoms with E-state index in [2.05, 4.69) is 20.8 Å². The van der Waals surface area contributed by atoms with Gasteiger partial charge in [-0.2, -0.15) is 5.92 Å². The molecule has 0 amide bonds. The molecule has 0 aromatic rings.